The molecule has 0 atom stereocenters. The van der Waals surface area contributed by atoms with Crippen molar-refractivity contribution in [3.05, 3.63) is 54.1 Å². The first-order chi connectivity index (χ1) is 11.0. The zero-order chi connectivity index (χ0) is 16.8. The third kappa shape index (κ3) is 4.57. The maximum absolute atomic E-state index is 11.0. The Balaban J connectivity index is 2.27. The van der Waals surface area contributed by atoms with Gasteiger partial charge >= 0.3 is 5.97 Å². The van der Waals surface area contributed by atoms with Gasteiger partial charge in [-0.15, -0.1) is 0 Å². The van der Waals surface area contributed by atoms with Crippen molar-refractivity contribution in [3.8, 4) is 16.9 Å². The van der Waals surface area contributed by atoms with Gasteiger partial charge in [0.05, 0.1) is 13.7 Å². The number of carboxylic acid groups (broad SMARTS) is 1. The molecule has 1 N–H and O–H groups in total. The van der Waals surface area contributed by atoms with Gasteiger partial charge in [-0.25, -0.2) is 0 Å². The molecule has 0 aliphatic heterocycles. The third-order valence-electron chi connectivity index (χ3n) is 3.84. The second kappa shape index (κ2) is 7.79. The van der Waals surface area contributed by atoms with E-state index in [0.29, 0.717) is 6.54 Å². The highest BCUT2D eigenvalue weighted by Crippen LogP contribution is 2.28. The van der Waals surface area contributed by atoms with Crippen LogP contribution in [0.2, 0.25) is 0 Å². The van der Waals surface area contributed by atoms with E-state index in [1.807, 2.05) is 55.1 Å². The normalized spacial score (nSPS) is 11.0. The van der Waals surface area contributed by atoms with E-state index < -0.39 is 5.97 Å². The van der Waals surface area contributed by atoms with Crippen LogP contribution < -0.4 is 4.74 Å². The van der Waals surface area contributed by atoms with Crippen molar-refractivity contribution in [2.24, 2.45) is 0 Å². The molecule has 0 aliphatic rings. The van der Waals surface area contributed by atoms with Crippen molar-refractivity contribution >= 4 is 5.97 Å². The van der Waals surface area contributed by atoms with Crippen LogP contribution >= 0.6 is 0 Å². The molecule has 0 bridgehead atoms. The summed E-state index contributed by atoms with van der Waals surface area (Å²) in [6.07, 6.45) is 0. The number of carboxylic acids is 1. The van der Waals surface area contributed by atoms with Crippen LogP contribution in [0.25, 0.3) is 11.1 Å². The maximum Gasteiger partial charge on any atom is 0.317 e. The fourth-order valence-electron chi connectivity index (χ4n) is 2.50. The average molecular weight is 313 g/mol. The Morgan fingerprint density at radius 1 is 1.13 bits per heavy atom. The van der Waals surface area contributed by atoms with Gasteiger partial charge in [-0.3, -0.25) is 9.69 Å². The SMILES string of the molecule is COc1cc(-c2ccccc2)ccc1CN(CC(=O)O)C(C)C. The highest BCUT2D eigenvalue weighted by Gasteiger charge is 2.16. The maximum atomic E-state index is 11.0. The number of hydrogen-bond acceptors (Lipinski definition) is 3. The summed E-state index contributed by atoms with van der Waals surface area (Å²) in [7, 11) is 1.64. The summed E-state index contributed by atoms with van der Waals surface area (Å²) in [5.41, 5.74) is 3.20. The smallest absolute Gasteiger partial charge is 0.317 e. The van der Waals surface area contributed by atoms with E-state index in [1.165, 1.54) is 0 Å². The number of methoxy groups -OCH3 is 1. The molecule has 4 heteroatoms. The lowest BCUT2D eigenvalue weighted by Gasteiger charge is -2.25. The minimum Gasteiger partial charge on any atom is -0.496 e. The van der Waals surface area contributed by atoms with Crippen molar-refractivity contribution in [2.75, 3.05) is 13.7 Å². The summed E-state index contributed by atoms with van der Waals surface area (Å²) in [4.78, 5) is 12.9. The van der Waals surface area contributed by atoms with E-state index in [4.69, 9.17) is 9.84 Å². The second-order valence-electron chi connectivity index (χ2n) is 5.79. The Hall–Kier alpha value is -2.33. The summed E-state index contributed by atoms with van der Waals surface area (Å²) in [5, 5.41) is 9.06. The fraction of sp³-hybridized carbons (Fsp3) is 0.316. The standard InChI is InChI=1S/C19H23NO3/c1-14(2)20(13-19(21)22)12-17-10-9-16(11-18(17)23-3)15-7-5-4-6-8-15/h4-11,14H,12-13H2,1-3H3,(H,21,22). The number of hydrogen-bond donors (Lipinski definition) is 1. The van der Waals surface area contributed by atoms with Gasteiger partial charge in [0.1, 0.15) is 5.75 Å². The molecule has 0 saturated heterocycles. The van der Waals surface area contributed by atoms with Gasteiger partial charge in [-0.1, -0.05) is 42.5 Å². The Kier molecular flexibility index (Phi) is 5.77. The highest BCUT2D eigenvalue weighted by molar-refractivity contribution is 5.69. The zero-order valence-corrected chi connectivity index (χ0v) is 13.8. The molecule has 2 aromatic rings. The second-order valence-corrected chi connectivity index (χ2v) is 5.79. The number of benzene rings is 2. The highest BCUT2D eigenvalue weighted by atomic mass is 16.5. The summed E-state index contributed by atoms with van der Waals surface area (Å²) in [5.74, 6) is -0.0408. The fourth-order valence-corrected chi connectivity index (χ4v) is 2.50. The summed E-state index contributed by atoms with van der Waals surface area (Å²) in [6, 6.07) is 16.3. The average Bonchev–Trinajstić information content (AvgIpc) is 2.54. The molecule has 0 aliphatic carbocycles. The molecule has 2 aromatic carbocycles. The van der Waals surface area contributed by atoms with Gasteiger partial charge in [0.15, 0.2) is 0 Å². The van der Waals surface area contributed by atoms with E-state index in [2.05, 4.69) is 12.1 Å². The minimum absolute atomic E-state index is 0.0151. The predicted molar refractivity (Wildman–Crippen MR) is 91.6 cm³/mol. The van der Waals surface area contributed by atoms with Crippen LogP contribution in [-0.4, -0.2) is 35.7 Å². The molecule has 4 nitrogen and oxygen atoms in total. The molecule has 0 fully saturated rings. The van der Waals surface area contributed by atoms with E-state index in [0.717, 1.165) is 22.4 Å². The zero-order valence-electron chi connectivity index (χ0n) is 13.8. The molecule has 0 aromatic heterocycles. The van der Waals surface area contributed by atoms with Crippen molar-refractivity contribution in [1.29, 1.82) is 0 Å². The molecule has 2 rings (SSSR count). The first kappa shape index (κ1) is 17.0. The number of ether oxygens (including phenoxy) is 1. The van der Waals surface area contributed by atoms with Crippen LogP contribution in [0.15, 0.2) is 48.5 Å². The molecule has 0 spiro atoms. The van der Waals surface area contributed by atoms with Crippen molar-refractivity contribution in [3.63, 3.8) is 0 Å². The first-order valence-electron chi connectivity index (χ1n) is 7.69. The Labute approximate surface area is 137 Å². The Morgan fingerprint density at radius 3 is 2.39 bits per heavy atom. The predicted octanol–water partition coefficient (Wildman–Crippen LogP) is 3.66. The minimum atomic E-state index is -0.821. The lowest BCUT2D eigenvalue weighted by molar-refractivity contribution is -0.138. The largest absolute Gasteiger partial charge is 0.496 e. The van der Waals surface area contributed by atoms with Crippen molar-refractivity contribution in [1.82, 2.24) is 4.90 Å². The Bertz CT molecular complexity index is 653. The van der Waals surface area contributed by atoms with Crippen molar-refractivity contribution < 1.29 is 14.6 Å². The van der Waals surface area contributed by atoms with Crippen LogP contribution in [0.1, 0.15) is 19.4 Å². The van der Waals surface area contributed by atoms with Crippen LogP contribution in [0.4, 0.5) is 0 Å². The summed E-state index contributed by atoms with van der Waals surface area (Å²) in [6.45, 7) is 4.55. The van der Waals surface area contributed by atoms with Crippen LogP contribution in [0, 0.1) is 0 Å². The van der Waals surface area contributed by atoms with Crippen LogP contribution in [0.5, 0.6) is 5.75 Å². The molecular formula is C19H23NO3. The van der Waals surface area contributed by atoms with Gasteiger partial charge < -0.3 is 9.84 Å². The van der Waals surface area contributed by atoms with Gasteiger partial charge in [-0.05, 0) is 31.0 Å². The van der Waals surface area contributed by atoms with Gasteiger partial charge in [0.25, 0.3) is 0 Å². The van der Waals surface area contributed by atoms with E-state index >= 15 is 0 Å². The Morgan fingerprint density at radius 2 is 1.83 bits per heavy atom. The van der Waals surface area contributed by atoms with E-state index in [1.54, 1.807) is 7.11 Å². The summed E-state index contributed by atoms with van der Waals surface area (Å²) >= 11 is 0. The lowest BCUT2D eigenvalue weighted by Crippen LogP contribution is -2.35. The van der Waals surface area contributed by atoms with Gasteiger partial charge in [0.2, 0.25) is 0 Å². The number of aliphatic carboxylic acids is 1. The monoisotopic (exact) mass is 313 g/mol. The molecule has 0 unspecified atom stereocenters. The molecule has 0 amide bonds. The van der Waals surface area contributed by atoms with Gasteiger partial charge in [0, 0.05) is 18.2 Å². The number of rotatable bonds is 7. The lowest BCUT2D eigenvalue weighted by atomic mass is 10.0. The molecule has 23 heavy (non-hydrogen) atoms. The van der Waals surface area contributed by atoms with Gasteiger partial charge in [-0.2, -0.15) is 0 Å². The summed E-state index contributed by atoms with van der Waals surface area (Å²) < 4.78 is 5.52. The van der Waals surface area contributed by atoms with Crippen LogP contribution in [0.3, 0.4) is 0 Å². The third-order valence-corrected chi connectivity index (χ3v) is 3.84. The van der Waals surface area contributed by atoms with E-state index in [9.17, 15) is 4.79 Å². The van der Waals surface area contributed by atoms with Crippen molar-refractivity contribution in [2.45, 2.75) is 26.4 Å². The quantitative estimate of drug-likeness (QED) is 0.847. The topological polar surface area (TPSA) is 49.8 Å². The van der Waals surface area contributed by atoms with Crippen LogP contribution in [-0.2, 0) is 11.3 Å². The molecule has 0 heterocycles. The van der Waals surface area contributed by atoms with E-state index in [-0.39, 0.29) is 12.6 Å². The number of nitrogens with zero attached hydrogens (tertiary/aromatic N) is 1. The molecule has 0 saturated carbocycles. The molecule has 0 radical (unpaired) electrons. The first-order valence-corrected chi connectivity index (χ1v) is 7.69. The molecule has 122 valence electrons. The molecular weight excluding hydrogens is 290 g/mol. The number of carbonyl (C=O) groups is 1.